The second kappa shape index (κ2) is 59.6. The Bertz CT molecular complexity index is 1130. The number of allylic oxidation sites excluding steroid dienone is 5. The van der Waals surface area contributed by atoms with Crippen LogP contribution in [0.15, 0.2) is 36.5 Å². The molecule has 0 aromatic rings. The van der Waals surface area contributed by atoms with Crippen molar-refractivity contribution in [2.75, 3.05) is 13.2 Å². The molecule has 6 nitrogen and oxygen atoms in total. The standard InChI is InChI=1S/C64H121NO5/c1-3-5-7-9-11-13-15-16-17-18-19-24-27-30-33-37-40-44-48-52-56-62(67)61(60-66)65-63(68)57-53-49-45-41-38-34-31-28-25-22-20-21-23-26-29-32-35-39-43-47-51-55-59-70-64(69)58-54-50-46-42-36-14-12-10-8-6-4-2/h10,12,22,25,52,56,61-62,66-67H,3-9,11,13-21,23-24,26-51,53-55,57-60H2,1-2H3,(H,65,68)/b12-10-,25-22-,56-52+. The minimum Gasteiger partial charge on any atom is -0.466 e. The van der Waals surface area contributed by atoms with Crippen LogP contribution in [-0.4, -0.2) is 47.4 Å². The molecule has 0 aliphatic rings. The van der Waals surface area contributed by atoms with Crippen molar-refractivity contribution in [3.63, 3.8) is 0 Å². The van der Waals surface area contributed by atoms with Crippen molar-refractivity contribution < 1.29 is 24.5 Å². The maximum absolute atomic E-state index is 12.5. The van der Waals surface area contributed by atoms with Gasteiger partial charge in [-0.25, -0.2) is 0 Å². The SMILES string of the molecule is CCCC/C=C\CCCCCCCC(=O)OCCCCCCCCCCCCC/C=C\CCCCCCCCCC(=O)NC(CO)C(O)/C=C/CCCCCCCCCCCCCCCCCCCC. The Balaban J connectivity index is 3.46. The van der Waals surface area contributed by atoms with Crippen molar-refractivity contribution in [3.8, 4) is 0 Å². The van der Waals surface area contributed by atoms with Crippen LogP contribution < -0.4 is 5.32 Å². The molecular formula is C64H121NO5. The molecule has 0 aliphatic heterocycles. The first-order chi connectivity index (χ1) is 34.5. The van der Waals surface area contributed by atoms with Crippen molar-refractivity contribution in [1.82, 2.24) is 5.32 Å². The largest absolute Gasteiger partial charge is 0.466 e. The highest BCUT2D eigenvalue weighted by molar-refractivity contribution is 5.76. The molecule has 2 unspecified atom stereocenters. The molecule has 6 heteroatoms. The first-order valence-electron chi connectivity index (χ1n) is 31.3. The van der Waals surface area contributed by atoms with E-state index >= 15 is 0 Å². The topological polar surface area (TPSA) is 95.9 Å². The predicted molar refractivity (Wildman–Crippen MR) is 306 cm³/mol. The minimum atomic E-state index is -0.850. The summed E-state index contributed by atoms with van der Waals surface area (Å²) < 4.78 is 5.46. The van der Waals surface area contributed by atoms with Gasteiger partial charge in [-0.2, -0.15) is 0 Å². The second-order valence-corrected chi connectivity index (χ2v) is 21.4. The van der Waals surface area contributed by atoms with Crippen molar-refractivity contribution in [1.29, 1.82) is 0 Å². The number of hydrogen-bond acceptors (Lipinski definition) is 5. The van der Waals surface area contributed by atoms with Gasteiger partial charge in [-0.15, -0.1) is 0 Å². The number of carbonyl (C=O) groups is 2. The molecule has 70 heavy (non-hydrogen) atoms. The summed E-state index contributed by atoms with van der Waals surface area (Å²) in [6.45, 7) is 4.88. The summed E-state index contributed by atoms with van der Waals surface area (Å²) in [6, 6.07) is -0.634. The fourth-order valence-electron chi connectivity index (χ4n) is 9.55. The van der Waals surface area contributed by atoms with Gasteiger partial charge in [0.15, 0.2) is 0 Å². The van der Waals surface area contributed by atoms with Gasteiger partial charge in [0.2, 0.25) is 5.91 Å². The molecular weight excluding hydrogens is 863 g/mol. The van der Waals surface area contributed by atoms with Crippen LogP contribution in [0.1, 0.15) is 335 Å². The second-order valence-electron chi connectivity index (χ2n) is 21.4. The number of hydrogen-bond donors (Lipinski definition) is 3. The monoisotopic (exact) mass is 984 g/mol. The Morgan fingerprint density at radius 1 is 0.386 bits per heavy atom. The van der Waals surface area contributed by atoms with Crippen LogP contribution in [0.5, 0.6) is 0 Å². The lowest BCUT2D eigenvalue weighted by Crippen LogP contribution is -2.45. The maximum Gasteiger partial charge on any atom is 0.305 e. The molecule has 0 bridgehead atoms. The van der Waals surface area contributed by atoms with E-state index in [9.17, 15) is 19.8 Å². The van der Waals surface area contributed by atoms with Crippen molar-refractivity contribution in [2.24, 2.45) is 0 Å². The molecule has 0 saturated carbocycles. The molecule has 0 aromatic heterocycles. The Labute approximate surface area is 436 Å². The van der Waals surface area contributed by atoms with Gasteiger partial charge in [0, 0.05) is 12.8 Å². The molecule has 0 aromatic carbocycles. The van der Waals surface area contributed by atoms with Gasteiger partial charge in [-0.05, 0) is 77.0 Å². The Kier molecular flexibility index (Phi) is 58.0. The zero-order chi connectivity index (χ0) is 50.7. The summed E-state index contributed by atoms with van der Waals surface area (Å²) in [4.78, 5) is 24.5. The summed E-state index contributed by atoms with van der Waals surface area (Å²) >= 11 is 0. The van der Waals surface area contributed by atoms with Crippen LogP contribution in [-0.2, 0) is 14.3 Å². The summed E-state index contributed by atoms with van der Waals surface area (Å²) in [5.74, 6) is -0.0744. The highest BCUT2D eigenvalue weighted by atomic mass is 16.5. The molecule has 0 aliphatic carbocycles. The molecule has 0 spiro atoms. The number of ether oxygens (including phenoxy) is 1. The maximum atomic E-state index is 12.5. The molecule has 0 fully saturated rings. The molecule has 2 atom stereocenters. The van der Waals surface area contributed by atoms with E-state index in [0.29, 0.717) is 19.4 Å². The third-order valence-electron chi connectivity index (χ3n) is 14.4. The number of rotatable bonds is 58. The molecule has 1 amide bonds. The van der Waals surface area contributed by atoms with E-state index in [4.69, 9.17) is 4.74 Å². The van der Waals surface area contributed by atoms with Gasteiger partial charge in [0.25, 0.3) is 0 Å². The zero-order valence-electron chi connectivity index (χ0n) is 47.0. The Morgan fingerprint density at radius 3 is 1.06 bits per heavy atom. The van der Waals surface area contributed by atoms with E-state index in [1.165, 1.54) is 257 Å². The van der Waals surface area contributed by atoms with Gasteiger partial charge in [-0.3, -0.25) is 9.59 Å². The van der Waals surface area contributed by atoms with E-state index in [1.807, 2.05) is 6.08 Å². The normalized spacial score (nSPS) is 12.8. The van der Waals surface area contributed by atoms with Crippen LogP contribution in [0.25, 0.3) is 0 Å². The van der Waals surface area contributed by atoms with E-state index in [1.54, 1.807) is 6.08 Å². The van der Waals surface area contributed by atoms with Crippen molar-refractivity contribution in [2.45, 2.75) is 347 Å². The minimum absolute atomic E-state index is 0.00171. The molecule has 3 N–H and O–H groups in total. The van der Waals surface area contributed by atoms with Crippen LogP contribution >= 0.6 is 0 Å². The highest BCUT2D eigenvalue weighted by Crippen LogP contribution is 2.17. The van der Waals surface area contributed by atoms with Gasteiger partial charge in [-0.1, -0.05) is 281 Å². The number of amides is 1. The lowest BCUT2D eigenvalue weighted by Gasteiger charge is -2.20. The van der Waals surface area contributed by atoms with E-state index in [-0.39, 0.29) is 18.5 Å². The van der Waals surface area contributed by atoms with E-state index in [2.05, 4.69) is 43.5 Å². The summed E-state index contributed by atoms with van der Waals surface area (Å²) in [7, 11) is 0. The van der Waals surface area contributed by atoms with Gasteiger partial charge in [0.1, 0.15) is 0 Å². The zero-order valence-corrected chi connectivity index (χ0v) is 47.0. The highest BCUT2D eigenvalue weighted by Gasteiger charge is 2.18. The van der Waals surface area contributed by atoms with Crippen LogP contribution in [0, 0.1) is 0 Å². The van der Waals surface area contributed by atoms with Gasteiger partial charge < -0.3 is 20.3 Å². The van der Waals surface area contributed by atoms with Crippen LogP contribution in [0.3, 0.4) is 0 Å². The first kappa shape index (κ1) is 68.1. The van der Waals surface area contributed by atoms with E-state index < -0.39 is 12.1 Å². The average molecular weight is 985 g/mol. The van der Waals surface area contributed by atoms with Gasteiger partial charge in [0.05, 0.1) is 25.4 Å². The van der Waals surface area contributed by atoms with Crippen molar-refractivity contribution >= 4 is 11.9 Å². The van der Waals surface area contributed by atoms with Crippen LogP contribution in [0.2, 0.25) is 0 Å². The predicted octanol–water partition coefficient (Wildman–Crippen LogP) is 19.6. The van der Waals surface area contributed by atoms with E-state index in [0.717, 1.165) is 51.4 Å². The number of aliphatic hydroxyl groups is 2. The summed E-state index contributed by atoms with van der Waals surface area (Å²) in [5.41, 5.74) is 0. The summed E-state index contributed by atoms with van der Waals surface area (Å²) in [5, 5.41) is 23.2. The molecule has 0 saturated heterocycles. The Hall–Kier alpha value is -1.92. The Morgan fingerprint density at radius 2 is 0.686 bits per heavy atom. The van der Waals surface area contributed by atoms with Gasteiger partial charge >= 0.3 is 5.97 Å². The lowest BCUT2D eigenvalue weighted by atomic mass is 10.0. The smallest absolute Gasteiger partial charge is 0.305 e. The number of carbonyl (C=O) groups excluding carboxylic acids is 2. The number of nitrogens with one attached hydrogen (secondary N) is 1. The van der Waals surface area contributed by atoms with Crippen molar-refractivity contribution in [3.05, 3.63) is 36.5 Å². The third kappa shape index (κ3) is 55.4. The molecule has 0 rings (SSSR count). The lowest BCUT2D eigenvalue weighted by molar-refractivity contribution is -0.143. The molecule has 0 heterocycles. The summed E-state index contributed by atoms with van der Waals surface area (Å²) in [6.07, 6.45) is 74.7. The molecule has 0 radical (unpaired) electrons. The fraction of sp³-hybridized carbons (Fsp3) is 0.875. The first-order valence-corrected chi connectivity index (χ1v) is 31.3. The third-order valence-corrected chi connectivity index (χ3v) is 14.4. The number of esters is 1. The molecule has 412 valence electrons. The number of unbranched alkanes of at least 4 members (excludes halogenated alkanes) is 43. The number of aliphatic hydroxyl groups excluding tert-OH is 2. The fourth-order valence-corrected chi connectivity index (χ4v) is 9.55. The van der Waals surface area contributed by atoms with Crippen LogP contribution in [0.4, 0.5) is 0 Å². The average Bonchev–Trinajstić information content (AvgIpc) is 3.36. The quantitative estimate of drug-likeness (QED) is 0.0321.